The van der Waals surface area contributed by atoms with Crippen molar-refractivity contribution in [3.63, 3.8) is 0 Å². The van der Waals surface area contributed by atoms with Gasteiger partial charge >= 0.3 is 0 Å². The van der Waals surface area contributed by atoms with Gasteiger partial charge < -0.3 is 11.1 Å². The lowest BCUT2D eigenvalue weighted by molar-refractivity contribution is -0.119. The molecule has 3 N–H and O–H groups in total. The summed E-state index contributed by atoms with van der Waals surface area (Å²) in [6, 6.07) is 4.59. The fourth-order valence-electron chi connectivity index (χ4n) is 1.70. The van der Waals surface area contributed by atoms with Crippen LogP contribution in [0.3, 0.4) is 0 Å². The standard InChI is InChI=1S/C10H11FN2O/c11-9-4-7(12)1-2-8(9)6-3-10(14)13-5-6/h1-2,4,6H,3,5,12H2,(H,13,14)/t6-/m0/s1. The number of anilines is 1. The fraction of sp³-hybridized carbons (Fsp3) is 0.300. The molecule has 1 aliphatic heterocycles. The molecule has 1 atom stereocenters. The Bertz CT molecular complexity index is 378. The molecule has 1 aromatic carbocycles. The van der Waals surface area contributed by atoms with E-state index < -0.39 is 0 Å². The number of nitrogen functional groups attached to an aromatic ring is 1. The second kappa shape index (κ2) is 3.29. The predicted octanol–water partition coefficient (Wildman–Crippen LogP) is 1.01. The first-order valence-electron chi connectivity index (χ1n) is 4.48. The summed E-state index contributed by atoms with van der Waals surface area (Å²) in [5.41, 5.74) is 6.40. The van der Waals surface area contributed by atoms with Crippen LogP contribution in [-0.4, -0.2) is 12.5 Å². The van der Waals surface area contributed by atoms with Crippen molar-refractivity contribution in [3.05, 3.63) is 29.6 Å². The van der Waals surface area contributed by atoms with Gasteiger partial charge in [-0.05, 0) is 17.7 Å². The summed E-state index contributed by atoms with van der Waals surface area (Å²) < 4.78 is 13.4. The maximum absolute atomic E-state index is 13.4. The van der Waals surface area contributed by atoms with E-state index >= 15 is 0 Å². The molecule has 0 saturated carbocycles. The van der Waals surface area contributed by atoms with E-state index in [2.05, 4.69) is 5.32 Å². The van der Waals surface area contributed by atoms with Crippen LogP contribution < -0.4 is 11.1 Å². The van der Waals surface area contributed by atoms with Crippen LogP contribution >= 0.6 is 0 Å². The highest BCUT2D eigenvalue weighted by Gasteiger charge is 2.25. The molecule has 0 aliphatic carbocycles. The summed E-state index contributed by atoms with van der Waals surface area (Å²) in [6.07, 6.45) is 0.362. The fourth-order valence-corrected chi connectivity index (χ4v) is 1.70. The molecule has 0 spiro atoms. The van der Waals surface area contributed by atoms with E-state index in [-0.39, 0.29) is 17.6 Å². The van der Waals surface area contributed by atoms with Gasteiger partial charge in [0.15, 0.2) is 0 Å². The average molecular weight is 194 g/mol. The van der Waals surface area contributed by atoms with Crippen molar-refractivity contribution in [3.8, 4) is 0 Å². The van der Waals surface area contributed by atoms with Gasteiger partial charge in [-0.3, -0.25) is 4.79 Å². The van der Waals surface area contributed by atoms with E-state index in [0.29, 0.717) is 24.2 Å². The number of hydrogen-bond donors (Lipinski definition) is 2. The lowest BCUT2D eigenvalue weighted by Crippen LogP contribution is -2.13. The van der Waals surface area contributed by atoms with Crippen molar-refractivity contribution in [2.24, 2.45) is 0 Å². The van der Waals surface area contributed by atoms with Crippen LogP contribution in [0.4, 0.5) is 10.1 Å². The van der Waals surface area contributed by atoms with Gasteiger partial charge in [0.2, 0.25) is 5.91 Å². The van der Waals surface area contributed by atoms with Crippen LogP contribution in [0.1, 0.15) is 17.9 Å². The van der Waals surface area contributed by atoms with Gasteiger partial charge in [0.05, 0.1) is 0 Å². The highest BCUT2D eigenvalue weighted by Crippen LogP contribution is 2.26. The molecule has 1 aliphatic rings. The minimum atomic E-state index is -0.327. The third kappa shape index (κ3) is 1.55. The van der Waals surface area contributed by atoms with E-state index in [4.69, 9.17) is 5.73 Å². The molecule has 1 heterocycles. The van der Waals surface area contributed by atoms with Gasteiger partial charge in [0.25, 0.3) is 0 Å². The highest BCUT2D eigenvalue weighted by molar-refractivity contribution is 5.79. The van der Waals surface area contributed by atoms with Gasteiger partial charge in [-0.25, -0.2) is 4.39 Å². The maximum Gasteiger partial charge on any atom is 0.220 e. The number of nitrogens with two attached hydrogens (primary N) is 1. The zero-order chi connectivity index (χ0) is 10.1. The van der Waals surface area contributed by atoms with Crippen LogP contribution in [0.5, 0.6) is 0 Å². The van der Waals surface area contributed by atoms with Crippen molar-refractivity contribution < 1.29 is 9.18 Å². The van der Waals surface area contributed by atoms with Crippen molar-refractivity contribution in [1.29, 1.82) is 0 Å². The Hall–Kier alpha value is -1.58. The molecular formula is C10H11FN2O. The van der Waals surface area contributed by atoms with E-state index in [1.807, 2.05) is 0 Å². The number of benzene rings is 1. The van der Waals surface area contributed by atoms with E-state index in [0.717, 1.165) is 0 Å². The molecule has 0 radical (unpaired) electrons. The van der Waals surface area contributed by atoms with E-state index in [1.165, 1.54) is 6.07 Å². The first kappa shape index (κ1) is 8.99. The molecule has 74 valence electrons. The molecule has 4 heteroatoms. The molecule has 1 fully saturated rings. The number of hydrogen-bond acceptors (Lipinski definition) is 2. The van der Waals surface area contributed by atoms with Gasteiger partial charge in [-0.1, -0.05) is 6.07 Å². The Labute approximate surface area is 81.1 Å². The number of carbonyl (C=O) groups is 1. The molecule has 14 heavy (non-hydrogen) atoms. The van der Waals surface area contributed by atoms with Crippen LogP contribution in [0.2, 0.25) is 0 Å². The van der Waals surface area contributed by atoms with Crippen molar-refractivity contribution in [1.82, 2.24) is 5.32 Å². The summed E-state index contributed by atoms with van der Waals surface area (Å²) in [6.45, 7) is 0.514. The lowest BCUT2D eigenvalue weighted by atomic mass is 9.97. The number of carbonyl (C=O) groups excluding carboxylic acids is 1. The summed E-state index contributed by atoms with van der Waals surface area (Å²) >= 11 is 0. The maximum atomic E-state index is 13.4. The van der Waals surface area contributed by atoms with E-state index in [9.17, 15) is 9.18 Å². The Morgan fingerprint density at radius 2 is 2.29 bits per heavy atom. The molecule has 2 rings (SSSR count). The van der Waals surface area contributed by atoms with Gasteiger partial charge in [-0.15, -0.1) is 0 Å². The first-order valence-corrected chi connectivity index (χ1v) is 4.48. The van der Waals surface area contributed by atoms with Crippen LogP contribution in [0, 0.1) is 5.82 Å². The van der Waals surface area contributed by atoms with Crippen molar-refractivity contribution >= 4 is 11.6 Å². The molecular weight excluding hydrogens is 183 g/mol. The minimum absolute atomic E-state index is 0.0220. The summed E-state index contributed by atoms with van der Waals surface area (Å²) in [7, 11) is 0. The molecule has 0 unspecified atom stereocenters. The Kier molecular flexibility index (Phi) is 2.11. The third-order valence-corrected chi connectivity index (χ3v) is 2.44. The second-order valence-corrected chi connectivity index (χ2v) is 3.49. The normalized spacial score (nSPS) is 20.9. The van der Waals surface area contributed by atoms with E-state index in [1.54, 1.807) is 12.1 Å². The van der Waals surface area contributed by atoms with Crippen LogP contribution in [-0.2, 0) is 4.79 Å². The number of halogens is 1. The zero-order valence-corrected chi connectivity index (χ0v) is 7.59. The largest absolute Gasteiger partial charge is 0.399 e. The van der Waals surface area contributed by atoms with Crippen molar-refractivity contribution in [2.45, 2.75) is 12.3 Å². The highest BCUT2D eigenvalue weighted by atomic mass is 19.1. The number of nitrogens with one attached hydrogen (secondary N) is 1. The topological polar surface area (TPSA) is 55.1 Å². The Morgan fingerprint density at radius 1 is 1.50 bits per heavy atom. The average Bonchev–Trinajstić information content (AvgIpc) is 2.51. The minimum Gasteiger partial charge on any atom is -0.399 e. The first-order chi connectivity index (χ1) is 6.66. The smallest absolute Gasteiger partial charge is 0.220 e. The molecule has 0 bridgehead atoms. The lowest BCUT2D eigenvalue weighted by Gasteiger charge is -2.08. The third-order valence-electron chi connectivity index (χ3n) is 2.44. The van der Waals surface area contributed by atoms with Gasteiger partial charge in [0, 0.05) is 24.6 Å². The second-order valence-electron chi connectivity index (χ2n) is 3.49. The molecule has 3 nitrogen and oxygen atoms in total. The monoisotopic (exact) mass is 194 g/mol. The van der Waals surface area contributed by atoms with Gasteiger partial charge in [-0.2, -0.15) is 0 Å². The zero-order valence-electron chi connectivity index (χ0n) is 7.59. The summed E-state index contributed by atoms with van der Waals surface area (Å²) in [5.74, 6) is -0.402. The van der Waals surface area contributed by atoms with Gasteiger partial charge in [0.1, 0.15) is 5.82 Å². The quantitative estimate of drug-likeness (QED) is 0.655. The number of amides is 1. The molecule has 0 aromatic heterocycles. The Morgan fingerprint density at radius 3 is 2.86 bits per heavy atom. The predicted molar refractivity (Wildman–Crippen MR) is 51.2 cm³/mol. The van der Waals surface area contributed by atoms with Crippen LogP contribution in [0.15, 0.2) is 18.2 Å². The SMILES string of the molecule is Nc1ccc([C@@H]2CNC(=O)C2)c(F)c1. The van der Waals surface area contributed by atoms with Crippen molar-refractivity contribution in [2.75, 3.05) is 12.3 Å². The summed E-state index contributed by atoms with van der Waals surface area (Å²) in [5, 5.41) is 2.67. The Balaban J connectivity index is 2.28. The molecule has 1 amide bonds. The summed E-state index contributed by atoms with van der Waals surface area (Å²) in [4.78, 5) is 10.9. The van der Waals surface area contributed by atoms with Crippen LogP contribution in [0.25, 0.3) is 0 Å². The molecule has 1 saturated heterocycles. The number of rotatable bonds is 1. The molecule has 1 aromatic rings.